The summed E-state index contributed by atoms with van der Waals surface area (Å²) in [5.41, 5.74) is -3.69. The van der Waals surface area contributed by atoms with Gasteiger partial charge < -0.3 is 0 Å². The van der Waals surface area contributed by atoms with Crippen molar-refractivity contribution in [2.75, 3.05) is 0 Å². The van der Waals surface area contributed by atoms with Crippen LogP contribution >= 0.6 is 0 Å². The summed E-state index contributed by atoms with van der Waals surface area (Å²) in [5, 5.41) is 0. The predicted octanol–water partition coefficient (Wildman–Crippen LogP) is 5.58. The highest BCUT2D eigenvalue weighted by Crippen LogP contribution is 2.55. The molecule has 0 aliphatic rings. The molecule has 0 N–H and O–H groups in total. The Bertz CT molecular complexity index is 290. The van der Waals surface area contributed by atoms with Gasteiger partial charge in [0.25, 0.3) is 5.92 Å². The lowest BCUT2D eigenvalue weighted by atomic mass is 9.73. The Morgan fingerprint density at radius 2 is 1.32 bits per heavy atom. The molecule has 0 aliphatic carbocycles. The Labute approximate surface area is 106 Å². The van der Waals surface area contributed by atoms with Crippen LogP contribution in [0.25, 0.3) is 0 Å². The molecule has 19 heavy (non-hydrogen) atoms. The summed E-state index contributed by atoms with van der Waals surface area (Å²) in [6, 6.07) is 0. The fourth-order valence-electron chi connectivity index (χ4n) is 1.79. The maximum absolute atomic E-state index is 13.6. The van der Waals surface area contributed by atoms with Crippen LogP contribution in [0, 0.1) is 11.3 Å². The monoisotopic (exact) mass is 300 g/mol. The normalized spacial score (nSPS) is 19.1. The quantitative estimate of drug-likeness (QED) is 0.581. The summed E-state index contributed by atoms with van der Waals surface area (Å²) in [6.07, 6.45) is -13.4. The lowest BCUT2D eigenvalue weighted by Crippen LogP contribution is -2.52. The van der Waals surface area contributed by atoms with E-state index in [0.717, 1.165) is 0 Å². The highest BCUT2D eigenvalue weighted by atomic mass is 19.4. The second kappa shape index (κ2) is 5.44. The molecular formula is C11H16F8. The van der Waals surface area contributed by atoms with E-state index in [4.69, 9.17) is 0 Å². The Balaban J connectivity index is 5.46. The van der Waals surface area contributed by atoms with Crippen LogP contribution in [-0.2, 0) is 0 Å². The van der Waals surface area contributed by atoms with Crippen LogP contribution in [0.5, 0.6) is 0 Å². The first-order valence-electron chi connectivity index (χ1n) is 5.70. The molecule has 2 unspecified atom stereocenters. The minimum Gasteiger partial charge on any atom is -0.206 e. The van der Waals surface area contributed by atoms with Crippen molar-refractivity contribution in [3.05, 3.63) is 0 Å². The van der Waals surface area contributed by atoms with E-state index in [2.05, 4.69) is 0 Å². The molecule has 0 aromatic rings. The zero-order valence-electron chi connectivity index (χ0n) is 10.7. The minimum absolute atomic E-state index is 0.158. The molecule has 0 heterocycles. The number of hydrogen-bond donors (Lipinski definition) is 0. The van der Waals surface area contributed by atoms with Crippen LogP contribution in [0.1, 0.15) is 40.0 Å². The van der Waals surface area contributed by atoms with Gasteiger partial charge in [-0.15, -0.1) is 0 Å². The smallest absolute Gasteiger partial charge is 0.206 e. The molecular weight excluding hydrogens is 284 g/mol. The molecule has 0 radical (unpaired) electrons. The zero-order valence-corrected chi connectivity index (χ0v) is 10.7. The molecule has 0 fully saturated rings. The van der Waals surface area contributed by atoms with Gasteiger partial charge in [0, 0.05) is 6.42 Å². The standard InChI is InChI=1S/C11H16F8/c1-4-5-9(12,13)8(3,11(17,18)19)6-7(2)10(14,15)16/h7H,4-6H2,1-3H3. The van der Waals surface area contributed by atoms with Gasteiger partial charge in [0.15, 0.2) is 0 Å². The fraction of sp³-hybridized carbons (Fsp3) is 1.00. The van der Waals surface area contributed by atoms with Gasteiger partial charge in [-0.25, -0.2) is 8.78 Å². The van der Waals surface area contributed by atoms with E-state index in [1.165, 1.54) is 6.92 Å². The fourth-order valence-corrected chi connectivity index (χ4v) is 1.79. The molecule has 0 aromatic carbocycles. The van der Waals surface area contributed by atoms with Crippen molar-refractivity contribution in [2.45, 2.75) is 58.3 Å². The molecule has 0 aromatic heterocycles. The molecule has 8 heteroatoms. The lowest BCUT2D eigenvalue weighted by molar-refractivity contribution is -0.308. The van der Waals surface area contributed by atoms with Gasteiger partial charge in [-0.1, -0.05) is 20.3 Å². The summed E-state index contributed by atoms with van der Waals surface area (Å²) in [7, 11) is 0. The number of halogens is 8. The van der Waals surface area contributed by atoms with Gasteiger partial charge in [0.2, 0.25) is 0 Å². The highest BCUT2D eigenvalue weighted by Gasteiger charge is 2.66. The van der Waals surface area contributed by atoms with Crippen molar-refractivity contribution in [1.82, 2.24) is 0 Å². The Hall–Kier alpha value is -0.560. The molecule has 0 saturated heterocycles. The van der Waals surface area contributed by atoms with Crippen molar-refractivity contribution in [2.24, 2.45) is 11.3 Å². The van der Waals surface area contributed by atoms with Gasteiger partial charge in [-0.2, -0.15) is 26.3 Å². The second-order valence-electron chi connectivity index (χ2n) is 4.93. The maximum Gasteiger partial charge on any atom is 0.400 e. The van der Waals surface area contributed by atoms with Gasteiger partial charge in [0.05, 0.1) is 5.92 Å². The van der Waals surface area contributed by atoms with Crippen molar-refractivity contribution < 1.29 is 35.1 Å². The first-order valence-corrected chi connectivity index (χ1v) is 5.70. The van der Waals surface area contributed by atoms with Crippen molar-refractivity contribution >= 4 is 0 Å². The first-order chi connectivity index (χ1) is 8.19. The average Bonchev–Trinajstić information content (AvgIpc) is 2.13. The third-order valence-electron chi connectivity index (χ3n) is 3.27. The first kappa shape index (κ1) is 18.4. The third-order valence-corrected chi connectivity index (χ3v) is 3.27. The minimum atomic E-state index is -5.41. The van der Waals surface area contributed by atoms with Crippen molar-refractivity contribution in [3.63, 3.8) is 0 Å². The molecule has 2 atom stereocenters. The molecule has 0 bridgehead atoms. The summed E-state index contributed by atoms with van der Waals surface area (Å²) in [4.78, 5) is 0. The largest absolute Gasteiger partial charge is 0.400 e. The van der Waals surface area contributed by atoms with E-state index in [9.17, 15) is 35.1 Å². The Morgan fingerprint density at radius 1 is 0.895 bits per heavy atom. The van der Waals surface area contributed by atoms with Crippen LogP contribution in [0.15, 0.2) is 0 Å². The SMILES string of the molecule is CCCC(F)(F)C(C)(CC(C)C(F)(F)F)C(F)(F)F. The Morgan fingerprint density at radius 3 is 1.58 bits per heavy atom. The zero-order chi connectivity index (χ0) is 15.7. The second-order valence-corrected chi connectivity index (χ2v) is 4.93. The maximum atomic E-state index is 13.6. The third kappa shape index (κ3) is 3.95. The van der Waals surface area contributed by atoms with Crippen LogP contribution in [-0.4, -0.2) is 18.3 Å². The van der Waals surface area contributed by atoms with Gasteiger partial charge in [0.1, 0.15) is 5.41 Å². The molecule has 0 nitrogen and oxygen atoms in total. The van der Waals surface area contributed by atoms with Crippen LogP contribution in [0.3, 0.4) is 0 Å². The number of hydrogen-bond acceptors (Lipinski definition) is 0. The van der Waals surface area contributed by atoms with Crippen LogP contribution in [0.4, 0.5) is 35.1 Å². The van der Waals surface area contributed by atoms with Gasteiger partial charge in [-0.05, 0) is 13.3 Å². The van der Waals surface area contributed by atoms with Crippen LogP contribution in [0.2, 0.25) is 0 Å². The number of rotatable bonds is 5. The molecule has 0 rings (SSSR count). The van der Waals surface area contributed by atoms with E-state index in [0.29, 0.717) is 6.92 Å². The van der Waals surface area contributed by atoms with E-state index in [1.54, 1.807) is 0 Å². The van der Waals surface area contributed by atoms with Gasteiger partial charge in [-0.3, -0.25) is 0 Å². The summed E-state index contributed by atoms with van der Waals surface area (Å²) in [6.45, 7) is 1.88. The average molecular weight is 300 g/mol. The highest BCUT2D eigenvalue weighted by molar-refractivity contribution is 4.96. The van der Waals surface area contributed by atoms with E-state index < -0.39 is 42.4 Å². The van der Waals surface area contributed by atoms with Crippen molar-refractivity contribution in [1.29, 1.82) is 0 Å². The van der Waals surface area contributed by atoms with Crippen LogP contribution < -0.4 is 0 Å². The predicted molar refractivity (Wildman–Crippen MR) is 53.9 cm³/mol. The number of alkyl halides is 8. The summed E-state index contributed by atoms with van der Waals surface area (Å²) < 4.78 is 103. The van der Waals surface area contributed by atoms with E-state index >= 15 is 0 Å². The van der Waals surface area contributed by atoms with Crippen molar-refractivity contribution in [3.8, 4) is 0 Å². The summed E-state index contributed by atoms with van der Waals surface area (Å²) >= 11 is 0. The lowest BCUT2D eigenvalue weighted by Gasteiger charge is -2.40. The molecule has 0 aliphatic heterocycles. The summed E-state index contributed by atoms with van der Waals surface area (Å²) in [5.74, 6) is -6.69. The Kier molecular flexibility index (Phi) is 5.28. The topological polar surface area (TPSA) is 0 Å². The van der Waals surface area contributed by atoms with E-state index in [-0.39, 0.29) is 13.3 Å². The molecule has 0 amide bonds. The van der Waals surface area contributed by atoms with E-state index in [1.807, 2.05) is 0 Å². The molecule has 116 valence electrons. The van der Waals surface area contributed by atoms with Gasteiger partial charge >= 0.3 is 12.4 Å². The molecule has 0 saturated carbocycles. The molecule has 0 spiro atoms.